The van der Waals surface area contributed by atoms with Crippen LogP contribution in [0.3, 0.4) is 0 Å². The summed E-state index contributed by atoms with van der Waals surface area (Å²) in [5.41, 5.74) is 2.23. The SMILES string of the molecule is CC(C)(C)OC(=O)NC1CCCc2cc(B3OC(C)(C)C(C)(C)O3)ccc21. The molecule has 1 fully saturated rings. The first-order valence-corrected chi connectivity index (χ1v) is 9.86. The third kappa shape index (κ3) is 4.32. The van der Waals surface area contributed by atoms with Gasteiger partial charge in [0.2, 0.25) is 0 Å². The predicted molar refractivity (Wildman–Crippen MR) is 107 cm³/mol. The van der Waals surface area contributed by atoms with Crippen LogP contribution < -0.4 is 10.8 Å². The van der Waals surface area contributed by atoms with Crippen molar-refractivity contribution in [3.8, 4) is 0 Å². The van der Waals surface area contributed by atoms with Gasteiger partial charge in [0.25, 0.3) is 0 Å². The van der Waals surface area contributed by atoms with Gasteiger partial charge in [0.15, 0.2) is 0 Å². The van der Waals surface area contributed by atoms with Gasteiger partial charge in [-0.15, -0.1) is 0 Å². The molecule has 2 aliphatic rings. The molecule has 0 bridgehead atoms. The Bertz CT molecular complexity index is 707. The van der Waals surface area contributed by atoms with E-state index in [0.29, 0.717) is 0 Å². The first-order valence-electron chi connectivity index (χ1n) is 9.86. The minimum absolute atomic E-state index is 0.0176. The van der Waals surface area contributed by atoms with Crippen LogP contribution in [0.5, 0.6) is 0 Å². The zero-order chi connectivity index (χ0) is 20.0. The highest BCUT2D eigenvalue weighted by Gasteiger charge is 2.51. The van der Waals surface area contributed by atoms with E-state index in [1.807, 2.05) is 20.8 Å². The molecule has 0 saturated carbocycles. The Morgan fingerprint density at radius 2 is 1.81 bits per heavy atom. The summed E-state index contributed by atoms with van der Waals surface area (Å²) in [5.74, 6) is 0. The molecule has 1 N–H and O–H groups in total. The maximum Gasteiger partial charge on any atom is 0.494 e. The lowest BCUT2D eigenvalue weighted by Crippen LogP contribution is -2.41. The number of carbonyl (C=O) groups excluding carboxylic acids is 1. The molecule has 1 aromatic rings. The van der Waals surface area contributed by atoms with E-state index in [4.69, 9.17) is 14.0 Å². The van der Waals surface area contributed by atoms with Crippen LogP contribution in [-0.4, -0.2) is 30.0 Å². The number of fused-ring (bicyclic) bond motifs is 1. The van der Waals surface area contributed by atoms with Gasteiger partial charge in [-0.3, -0.25) is 0 Å². The monoisotopic (exact) mass is 373 g/mol. The second-order valence-electron chi connectivity index (χ2n) is 9.64. The molecule has 1 aliphatic carbocycles. The Labute approximate surface area is 163 Å². The van der Waals surface area contributed by atoms with E-state index in [1.54, 1.807) is 0 Å². The normalized spacial score (nSPS) is 23.7. The molecule has 6 heteroatoms. The molecule has 1 aliphatic heterocycles. The van der Waals surface area contributed by atoms with Crippen molar-refractivity contribution in [1.82, 2.24) is 5.32 Å². The Balaban J connectivity index is 1.77. The Morgan fingerprint density at radius 1 is 1.19 bits per heavy atom. The molecule has 0 aromatic heterocycles. The van der Waals surface area contributed by atoms with Crippen molar-refractivity contribution in [3.63, 3.8) is 0 Å². The Kier molecular flexibility index (Phi) is 5.11. The number of alkyl carbamates (subject to hydrolysis) is 1. The minimum Gasteiger partial charge on any atom is -0.444 e. The van der Waals surface area contributed by atoms with Gasteiger partial charge >= 0.3 is 13.2 Å². The quantitative estimate of drug-likeness (QED) is 0.800. The maximum absolute atomic E-state index is 12.2. The van der Waals surface area contributed by atoms with Gasteiger partial charge in [-0.05, 0) is 84.3 Å². The van der Waals surface area contributed by atoms with Gasteiger partial charge in [0.05, 0.1) is 17.2 Å². The molecule has 27 heavy (non-hydrogen) atoms. The Hall–Kier alpha value is -1.53. The second-order valence-corrected chi connectivity index (χ2v) is 9.64. The van der Waals surface area contributed by atoms with E-state index in [1.165, 1.54) is 5.56 Å². The van der Waals surface area contributed by atoms with Crippen molar-refractivity contribution >= 4 is 18.7 Å². The number of rotatable bonds is 2. The van der Waals surface area contributed by atoms with Crippen molar-refractivity contribution in [2.75, 3.05) is 0 Å². The maximum atomic E-state index is 12.2. The lowest BCUT2D eigenvalue weighted by atomic mass is 9.75. The lowest BCUT2D eigenvalue weighted by molar-refractivity contribution is 0.00578. The molecular formula is C21H32BNO4. The third-order valence-electron chi connectivity index (χ3n) is 5.70. The molecule has 148 valence electrons. The van der Waals surface area contributed by atoms with Crippen LogP contribution in [0.4, 0.5) is 4.79 Å². The summed E-state index contributed by atoms with van der Waals surface area (Å²) < 4.78 is 17.8. The molecule has 0 radical (unpaired) electrons. The van der Waals surface area contributed by atoms with Gasteiger partial charge in [-0.25, -0.2) is 4.79 Å². The lowest BCUT2D eigenvalue weighted by Gasteiger charge is -2.32. The van der Waals surface area contributed by atoms with Gasteiger partial charge in [-0.1, -0.05) is 18.2 Å². The van der Waals surface area contributed by atoms with E-state index >= 15 is 0 Å². The molecule has 1 saturated heterocycles. The first kappa shape index (κ1) is 20.2. The largest absolute Gasteiger partial charge is 0.494 e. The average molecular weight is 373 g/mol. The van der Waals surface area contributed by atoms with E-state index in [2.05, 4.69) is 51.2 Å². The third-order valence-corrected chi connectivity index (χ3v) is 5.70. The number of carbonyl (C=O) groups is 1. The van der Waals surface area contributed by atoms with E-state index in [9.17, 15) is 4.79 Å². The van der Waals surface area contributed by atoms with Crippen molar-refractivity contribution < 1.29 is 18.8 Å². The van der Waals surface area contributed by atoms with Gasteiger partial charge in [-0.2, -0.15) is 0 Å². The van der Waals surface area contributed by atoms with Gasteiger partial charge in [0, 0.05) is 0 Å². The highest BCUT2D eigenvalue weighted by atomic mass is 16.7. The smallest absolute Gasteiger partial charge is 0.444 e. The fourth-order valence-electron chi connectivity index (χ4n) is 3.56. The van der Waals surface area contributed by atoms with E-state index in [0.717, 1.165) is 30.3 Å². The summed E-state index contributed by atoms with van der Waals surface area (Å²) in [6, 6.07) is 6.30. The molecule has 1 amide bonds. The molecule has 1 aromatic carbocycles. The van der Waals surface area contributed by atoms with Crippen LogP contribution in [0, 0.1) is 0 Å². The van der Waals surface area contributed by atoms with E-state index < -0.39 is 5.60 Å². The molecule has 0 spiro atoms. The number of aryl methyl sites for hydroxylation is 1. The van der Waals surface area contributed by atoms with Crippen LogP contribution in [0.15, 0.2) is 18.2 Å². The number of ether oxygens (including phenoxy) is 1. The minimum atomic E-state index is -0.498. The molecular weight excluding hydrogens is 341 g/mol. The first-order chi connectivity index (χ1) is 12.4. The zero-order valence-electron chi connectivity index (χ0n) is 17.6. The van der Waals surface area contributed by atoms with E-state index in [-0.39, 0.29) is 30.5 Å². The number of amides is 1. The molecule has 1 unspecified atom stereocenters. The highest BCUT2D eigenvalue weighted by molar-refractivity contribution is 6.62. The van der Waals surface area contributed by atoms with Crippen LogP contribution in [-0.2, 0) is 20.5 Å². The van der Waals surface area contributed by atoms with Crippen molar-refractivity contribution in [2.45, 2.75) is 90.6 Å². The van der Waals surface area contributed by atoms with Gasteiger partial charge < -0.3 is 19.4 Å². The predicted octanol–water partition coefficient (Wildman–Crippen LogP) is 3.89. The number of nitrogens with one attached hydrogen (secondary N) is 1. The summed E-state index contributed by atoms with van der Waals surface area (Å²) in [4.78, 5) is 12.2. The van der Waals surface area contributed by atoms with Crippen LogP contribution >= 0.6 is 0 Å². The average Bonchev–Trinajstić information content (AvgIpc) is 2.73. The second kappa shape index (κ2) is 6.82. The van der Waals surface area contributed by atoms with Crippen molar-refractivity contribution in [3.05, 3.63) is 29.3 Å². The molecule has 1 heterocycles. The van der Waals surface area contributed by atoms with Crippen LogP contribution in [0.1, 0.15) is 78.5 Å². The summed E-state index contributed by atoms with van der Waals surface area (Å²) in [7, 11) is -0.362. The van der Waals surface area contributed by atoms with Gasteiger partial charge in [0.1, 0.15) is 5.60 Å². The fraction of sp³-hybridized carbons (Fsp3) is 0.667. The van der Waals surface area contributed by atoms with Crippen molar-refractivity contribution in [1.29, 1.82) is 0 Å². The standard InChI is InChI=1S/C21H32BNO4/c1-19(2,3)25-18(24)23-17-10-8-9-14-13-15(11-12-16(14)17)22-26-20(4,5)21(6,7)27-22/h11-13,17H,8-10H2,1-7H3,(H,23,24). The number of hydrogen-bond donors (Lipinski definition) is 1. The molecule has 5 nitrogen and oxygen atoms in total. The number of benzene rings is 1. The Morgan fingerprint density at radius 3 is 2.41 bits per heavy atom. The fourth-order valence-corrected chi connectivity index (χ4v) is 3.56. The number of hydrogen-bond acceptors (Lipinski definition) is 4. The van der Waals surface area contributed by atoms with Crippen LogP contribution in [0.25, 0.3) is 0 Å². The molecule has 3 rings (SSSR count). The summed E-state index contributed by atoms with van der Waals surface area (Å²) in [5, 5.41) is 3.02. The summed E-state index contributed by atoms with van der Waals surface area (Å²) in [6.45, 7) is 13.9. The zero-order valence-corrected chi connectivity index (χ0v) is 17.6. The highest BCUT2D eigenvalue weighted by Crippen LogP contribution is 2.37. The summed E-state index contributed by atoms with van der Waals surface area (Å²) >= 11 is 0. The van der Waals surface area contributed by atoms with Crippen molar-refractivity contribution in [2.24, 2.45) is 0 Å². The van der Waals surface area contributed by atoms with Crippen LogP contribution in [0.2, 0.25) is 0 Å². The topological polar surface area (TPSA) is 56.8 Å². The summed E-state index contributed by atoms with van der Waals surface area (Å²) in [6.07, 6.45) is 2.58. The molecule has 1 atom stereocenters.